The summed E-state index contributed by atoms with van der Waals surface area (Å²) in [6.07, 6.45) is -5.45. The highest BCUT2D eigenvalue weighted by atomic mass is 19.4. The van der Waals surface area contributed by atoms with E-state index in [0.29, 0.717) is 0 Å². The molecule has 0 spiro atoms. The second-order valence-electron chi connectivity index (χ2n) is 3.37. The minimum Gasteiger partial charge on any atom is -0.357 e. The van der Waals surface area contributed by atoms with E-state index in [4.69, 9.17) is 0 Å². The lowest BCUT2D eigenvalue weighted by atomic mass is 10.2. The summed E-state index contributed by atoms with van der Waals surface area (Å²) in [5.41, 5.74) is 0. The lowest BCUT2D eigenvalue weighted by Gasteiger charge is -2.22. The average Bonchev–Trinajstić information content (AvgIpc) is 2.54. The molecule has 92 valence electrons. The summed E-state index contributed by atoms with van der Waals surface area (Å²) in [5.74, 6) is -0.472. The average molecular weight is 239 g/mol. The summed E-state index contributed by atoms with van der Waals surface area (Å²) in [4.78, 5) is 23.4. The monoisotopic (exact) mass is 239 g/mol. The molecule has 3 amide bonds. The number of nitrogens with zero attached hydrogens (tertiary/aromatic N) is 1. The van der Waals surface area contributed by atoms with Gasteiger partial charge in [-0.1, -0.05) is 0 Å². The van der Waals surface area contributed by atoms with Crippen molar-refractivity contribution in [3.05, 3.63) is 0 Å². The van der Waals surface area contributed by atoms with E-state index in [1.807, 2.05) is 0 Å². The zero-order valence-corrected chi connectivity index (χ0v) is 8.60. The Morgan fingerprint density at radius 2 is 2.25 bits per heavy atom. The van der Waals surface area contributed by atoms with Gasteiger partial charge in [0.15, 0.2) is 0 Å². The fourth-order valence-electron chi connectivity index (χ4n) is 1.44. The van der Waals surface area contributed by atoms with Crippen LogP contribution in [0.2, 0.25) is 0 Å². The number of carbonyl (C=O) groups is 2. The van der Waals surface area contributed by atoms with Crippen LogP contribution in [0.25, 0.3) is 0 Å². The molecule has 16 heavy (non-hydrogen) atoms. The predicted molar refractivity (Wildman–Crippen MR) is 48.6 cm³/mol. The summed E-state index contributed by atoms with van der Waals surface area (Å²) >= 11 is 0. The van der Waals surface area contributed by atoms with Crippen LogP contribution in [0, 0.1) is 0 Å². The summed E-state index contributed by atoms with van der Waals surface area (Å²) in [7, 11) is 1.37. The highest BCUT2D eigenvalue weighted by molar-refractivity contribution is 5.90. The van der Waals surface area contributed by atoms with Gasteiger partial charge < -0.3 is 15.5 Å². The minimum absolute atomic E-state index is 0.0381. The molecule has 0 bridgehead atoms. The molecule has 0 saturated carbocycles. The molecule has 0 aromatic heterocycles. The first-order valence-corrected chi connectivity index (χ1v) is 4.68. The van der Waals surface area contributed by atoms with Crippen molar-refractivity contribution in [2.24, 2.45) is 0 Å². The number of amides is 3. The second kappa shape index (κ2) is 4.58. The Bertz CT molecular complexity index is 293. The van der Waals surface area contributed by atoms with Crippen molar-refractivity contribution in [3.63, 3.8) is 0 Å². The Hall–Kier alpha value is -1.47. The number of carbonyl (C=O) groups excluding carboxylic acids is 2. The minimum atomic E-state index is -4.34. The maximum Gasteiger partial charge on any atom is 0.390 e. The van der Waals surface area contributed by atoms with Crippen molar-refractivity contribution in [3.8, 4) is 0 Å². The third-order valence-corrected chi connectivity index (χ3v) is 2.27. The highest BCUT2D eigenvalue weighted by Crippen LogP contribution is 2.21. The van der Waals surface area contributed by atoms with Crippen LogP contribution in [-0.4, -0.2) is 49.2 Å². The lowest BCUT2D eigenvalue weighted by Crippen LogP contribution is -2.45. The third-order valence-electron chi connectivity index (χ3n) is 2.27. The molecule has 1 fully saturated rings. The fourth-order valence-corrected chi connectivity index (χ4v) is 1.44. The molecule has 8 heteroatoms. The first kappa shape index (κ1) is 12.6. The predicted octanol–water partition coefficient (Wildman–Crippen LogP) is 0.0786. The van der Waals surface area contributed by atoms with Crippen molar-refractivity contribution < 1.29 is 22.8 Å². The summed E-state index contributed by atoms with van der Waals surface area (Å²) in [6, 6.07) is -1.50. The van der Waals surface area contributed by atoms with E-state index >= 15 is 0 Å². The van der Waals surface area contributed by atoms with E-state index in [1.165, 1.54) is 7.05 Å². The largest absolute Gasteiger partial charge is 0.390 e. The number of halogens is 3. The van der Waals surface area contributed by atoms with Crippen LogP contribution in [0.1, 0.15) is 6.42 Å². The highest BCUT2D eigenvalue weighted by Gasteiger charge is 2.38. The Balaban J connectivity index is 2.60. The maximum absolute atomic E-state index is 12.0. The first-order valence-electron chi connectivity index (χ1n) is 4.68. The van der Waals surface area contributed by atoms with Crippen LogP contribution in [0.15, 0.2) is 0 Å². The van der Waals surface area contributed by atoms with Gasteiger partial charge in [-0.3, -0.25) is 4.79 Å². The zero-order chi connectivity index (χ0) is 12.3. The van der Waals surface area contributed by atoms with Gasteiger partial charge in [-0.15, -0.1) is 0 Å². The molecule has 0 unspecified atom stereocenters. The molecule has 0 aromatic rings. The number of alkyl halides is 3. The van der Waals surface area contributed by atoms with Gasteiger partial charge in [-0.05, 0) is 0 Å². The van der Waals surface area contributed by atoms with E-state index < -0.39 is 37.1 Å². The van der Waals surface area contributed by atoms with E-state index in [2.05, 4.69) is 10.6 Å². The molecule has 1 heterocycles. The number of hydrogen-bond donors (Lipinski definition) is 2. The molecule has 1 aliphatic heterocycles. The van der Waals surface area contributed by atoms with Gasteiger partial charge in [-0.2, -0.15) is 13.2 Å². The zero-order valence-electron chi connectivity index (χ0n) is 8.60. The third kappa shape index (κ3) is 3.01. The molecule has 0 radical (unpaired) electrons. The van der Waals surface area contributed by atoms with Gasteiger partial charge in [0.2, 0.25) is 5.91 Å². The Labute approximate surface area is 90.0 Å². The van der Waals surface area contributed by atoms with Crippen LogP contribution >= 0.6 is 0 Å². The molecule has 0 aromatic carbocycles. The number of nitrogens with one attached hydrogen (secondary N) is 2. The number of urea groups is 1. The smallest absolute Gasteiger partial charge is 0.357 e. The van der Waals surface area contributed by atoms with Gasteiger partial charge in [0.25, 0.3) is 0 Å². The molecule has 0 aliphatic carbocycles. The molecular weight excluding hydrogens is 227 g/mol. The van der Waals surface area contributed by atoms with E-state index in [1.54, 1.807) is 0 Å². The molecule has 1 rings (SSSR count). The Kier molecular flexibility index (Phi) is 3.61. The number of rotatable bonds is 3. The van der Waals surface area contributed by atoms with Crippen LogP contribution < -0.4 is 10.6 Å². The SMILES string of the molecule is CNC(=O)[C@H]1CNC(=O)N1CCC(F)(F)F. The van der Waals surface area contributed by atoms with Gasteiger partial charge in [0.1, 0.15) is 6.04 Å². The van der Waals surface area contributed by atoms with Crippen LogP contribution in [-0.2, 0) is 4.79 Å². The quantitative estimate of drug-likeness (QED) is 0.732. The fraction of sp³-hybridized carbons (Fsp3) is 0.750. The molecule has 1 atom stereocenters. The van der Waals surface area contributed by atoms with Gasteiger partial charge in [0.05, 0.1) is 6.42 Å². The first-order chi connectivity index (χ1) is 7.35. The molecular formula is C8H12F3N3O2. The van der Waals surface area contributed by atoms with E-state index in [-0.39, 0.29) is 6.54 Å². The molecule has 5 nitrogen and oxygen atoms in total. The summed E-state index contributed by atoms with van der Waals surface area (Å²) in [6.45, 7) is -0.468. The summed E-state index contributed by atoms with van der Waals surface area (Å²) in [5, 5.41) is 4.63. The standard InChI is InChI=1S/C8H12F3N3O2/c1-12-6(15)5-4-13-7(16)14(5)3-2-8(9,10)11/h5H,2-4H2,1H3,(H,12,15)(H,13,16)/t5-/m1/s1. The Morgan fingerprint density at radius 1 is 1.62 bits per heavy atom. The van der Waals surface area contributed by atoms with E-state index in [0.717, 1.165) is 4.90 Å². The topological polar surface area (TPSA) is 61.4 Å². The van der Waals surface area contributed by atoms with E-state index in [9.17, 15) is 22.8 Å². The van der Waals surface area contributed by atoms with Crippen molar-refractivity contribution >= 4 is 11.9 Å². The normalized spacial score (nSPS) is 20.9. The van der Waals surface area contributed by atoms with Gasteiger partial charge >= 0.3 is 12.2 Å². The lowest BCUT2D eigenvalue weighted by molar-refractivity contribution is -0.139. The maximum atomic E-state index is 12.0. The molecule has 1 aliphatic rings. The van der Waals surface area contributed by atoms with Crippen molar-refractivity contribution in [2.75, 3.05) is 20.1 Å². The van der Waals surface area contributed by atoms with Gasteiger partial charge in [0, 0.05) is 20.1 Å². The van der Waals surface area contributed by atoms with Crippen LogP contribution in [0.5, 0.6) is 0 Å². The molecule has 1 saturated heterocycles. The number of likely N-dealkylation sites (N-methyl/N-ethyl adjacent to an activating group) is 1. The van der Waals surface area contributed by atoms with Crippen molar-refractivity contribution in [2.45, 2.75) is 18.6 Å². The van der Waals surface area contributed by atoms with Crippen molar-refractivity contribution in [1.82, 2.24) is 15.5 Å². The van der Waals surface area contributed by atoms with Gasteiger partial charge in [-0.25, -0.2) is 4.79 Å². The molecule has 2 N–H and O–H groups in total. The number of hydrogen-bond acceptors (Lipinski definition) is 2. The van der Waals surface area contributed by atoms with Crippen LogP contribution in [0.4, 0.5) is 18.0 Å². The Morgan fingerprint density at radius 3 is 2.75 bits per heavy atom. The summed E-state index contributed by atoms with van der Waals surface area (Å²) < 4.78 is 36.0. The van der Waals surface area contributed by atoms with Crippen molar-refractivity contribution in [1.29, 1.82) is 0 Å². The second-order valence-corrected chi connectivity index (χ2v) is 3.37. The van der Waals surface area contributed by atoms with Crippen LogP contribution in [0.3, 0.4) is 0 Å².